The minimum Gasteiger partial charge on any atom is -0.311 e. The number of rotatable bonds is 0. The average Bonchev–Trinajstić information content (AvgIpc) is 2.61. The zero-order valence-electron chi connectivity index (χ0n) is 11.7. The molecule has 1 N–H and O–H groups in total. The van der Waals surface area contributed by atoms with E-state index in [0.717, 1.165) is 21.8 Å². The van der Waals surface area contributed by atoms with Gasteiger partial charge in [-0.25, -0.2) is 15.0 Å². The van der Waals surface area contributed by atoms with Crippen LogP contribution in [0.5, 0.6) is 0 Å². The zero-order valence-corrected chi connectivity index (χ0v) is 11.7. The van der Waals surface area contributed by atoms with Gasteiger partial charge in [0.05, 0.1) is 22.9 Å². The molecule has 4 heterocycles. The standard InChI is InChI=1S/C16H8N6O/c23-16-14-15(19-7-20-16)22-13-9-4-2-6-18-11(9)10-8(12(13)21-14)3-1-5-17-10/h1-7H,(H,19,20,22,23). The summed E-state index contributed by atoms with van der Waals surface area (Å²) in [6, 6.07) is 7.50. The molecule has 0 spiro atoms. The van der Waals surface area contributed by atoms with Crippen molar-refractivity contribution in [2.45, 2.75) is 0 Å². The van der Waals surface area contributed by atoms with Gasteiger partial charge in [-0.1, -0.05) is 0 Å². The molecule has 0 fully saturated rings. The Morgan fingerprint density at radius 1 is 0.739 bits per heavy atom. The number of pyridine rings is 2. The van der Waals surface area contributed by atoms with Crippen LogP contribution in [-0.2, 0) is 0 Å². The Morgan fingerprint density at radius 2 is 1.39 bits per heavy atom. The molecule has 5 aromatic rings. The molecule has 23 heavy (non-hydrogen) atoms. The van der Waals surface area contributed by atoms with Gasteiger partial charge in [0.25, 0.3) is 5.56 Å². The number of benzene rings is 1. The van der Waals surface area contributed by atoms with Crippen LogP contribution in [0.15, 0.2) is 47.8 Å². The molecule has 0 aliphatic rings. The number of H-pyrrole nitrogens is 1. The van der Waals surface area contributed by atoms with Gasteiger partial charge in [0.2, 0.25) is 0 Å². The van der Waals surface area contributed by atoms with Crippen LogP contribution in [0.2, 0.25) is 0 Å². The van der Waals surface area contributed by atoms with Crippen molar-refractivity contribution in [2.24, 2.45) is 0 Å². The number of aromatic nitrogens is 6. The minimum absolute atomic E-state index is 0.216. The number of hydrogen-bond acceptors (Lipinski definition) is 6. The van der Waals surface area contributed by atoms with Crippen LogP contribution in [-0.4, -0.2) is 29.9 Å². The second-order valence-electron chi connectivity index (χ2n) is 5.12. The highest BCUT2D eigenvalue weighted by molar-refractivity contribution is 6.21. The first-order valence-corrected chi connectivity index (χ1v) is 6.99. The van der Waals surface area contributed by atoms with Crippen LogP contribution < -0.4 is 5.56 Å². The Labute approximate surface area is 128 Å². The Kier molecular flexibility index (Phi) is 2.24. The van der Waals surface area contributed by atoms with E-state index in [1.165, 1.54) is 6.33 Å². The summed E-state index contributed by atoms with van der Waals surface area (Å²) in [7, 11) is 0. The first-order chi connectivity index (χ1) is 11.3. The van der Waals surface area contributed by atoms with Crippen molar-refractivity contribution >= 4 is 44.0 Å². The monoisotopic (exact) mass is 300 g/mol. The van der Waals surface area contributed by atoms with Crippen molar-refractivity contribution in [1.82, 2.24) is 29.9 Å². The number of nitrogens with zero attached hydrogens (tertiary/aromatic N) is 5. The lowest BCUT2D eigenvalue weighted by molar-refractivity contribution is 1.13. The van der Waals surface area contributed by atoms with E-state index in [2.05, 4.69) is 29.9 Å². The summed E-state index contributed by atoms with van der Waals surface area (Å²) in [5.74, 6) is 0. The molecular formula is C16H8N6O. The molecular weight excluding hydrogens is 292 g/mol. The van der Waals surface area contributed by atoms with E-state index in [0.29, 0.717) is 16.7 Å². The fourth-order valence-corrected chi connectivity index (χ4v) is 2.84. The molecule has 0 radical (unpaired) electrons. The molecule has 0 saturated carbocycles. The van der Waals surface area contributed by atoms with E-state index < -0.39 is 0 Å². The molecule has 1 aromatic carbocycles. The van der Waals surface area contributed by atoms with E-state index in [1.807, 2.05) is 24.3 Å². The van der Waals surface area contributed by atoms with Gasteiger partial charge in [-0.15, -0.1) is 0 Å². The van der Waals surface area contributed by atoms with Crippen molar-refractivity contribution in [1.29, 1.82) is 0 Å². The van der Waals surface area contributed by atoms with Crippen molar-refractivity contribution in [3.8, 4) is 0 Å². The van der Waals surface area contributed by atoms with Crippen LogP contribution >= 0.6 is 0 Å². The van der Waals surface area contributed by atoms with Gasteiger partial charge in [0.15, 0.2) is 11.2 Å². The summed E-state index contributed by atoms with van der Waals surface area (Å²) in [6.45, 7) is 0. The maximum absolute atomic E-state index is 12.0. The Hall–Kier alpha value is -3.48. The molecule has 0 bridgehead atoms. The van der Waals surface area contributed by atoms with Crippen molar-refractivity contribution < 1.29 is 0 Å². The molecule has 108 valence electrons. The highest BCUT2D eigenvalue weighted by Crippen LogP contribution is 2.30. The van der Waals surface area contributed by atoms with Gasteiger partial charge < -0.3 is 4.98 Å². The number of fused-ring (bicyclic) bond motifs is 7. The Balaban J connectivity index is 2.19. The topological polar surface area (TPSA) is 97.3 Å². The predicted octanol–water partition coefficient (Wildman–Crippen LogP) is 1.96. The number of aromatic amines is 1. The lowest BCUT2D eigenvalue weighted by Gasteiger charge is -2.07. The maximum atomic E-state index is 12.0. The van der Waals surface area contributed by atoms with Gasteiger partial charge >= 0.3 is 0 Å². The van der Waals surface area contributed by atoms with Crippen LogP contribution in [0.3, 0.4) is 0 Å². The fraction of sp³-hybridized carbons (Fsp3) is 0. The van der Waals surface area contributed by atoms with Crippen LogP contribution in [0.25, 0.3) is 44.0 Å². The lowest BCUT2D eigenvalue weighted by atomic mass is 10.1. The molecule has 7 nitrogen and oxygen atoms in total. The van der Waals surface area contributed by atoms with Crippen molar-refractivity contribution in [2.75, 3.05) is 0 Å². The van der Waals surface area contributed by atoms with E-state index in [4.69, 9.17) is 0 Å². The molecule has 5 rings (SSSR count). The number of nitrogens with one attached hydrogen (secondary N) is 1. The highest BCUT2D eigenvalue weighted by Gasteiger charge is 2.14. The van der Waals surface area contributed by atoms with Gasteiger partial charge in [-0.05, 0) is 24.3 Å². The molecule has 0 unspecified atom stereocenters. The second-order valence-corrected chi connectivity index (χ2v) is 5.12. The van der Waals surface area contributed by atoms with Gasteiger partial charge in [-0.2, -0.15) is 0 Å². The van der Waals surface area contributed by atoms with Gasteiger partial charge in [0, 0.05) is 23.2 Å². The van der Waals surface area contributed by atoms with Gasteiger partial charge in [0.1, 0.15) is 5.52 Å². The third kappa shape index (κ3) is 1.58. The van der Waals surface area contributed by atoms with Crippen molar-refractivity contribution in [3.05, 3.63) is 53.3 Å². The second kappa shape index (κ2) is 4.26. The molecule has 0 saturated heterocycles. The van der Waals surface area contributed by atoms with Crippen LogP contribution in [0, 0.1) is 0 Å². The first kappa shape index (κ1) is 12.1. The van der Waals surface area contributed by atoms with Gasteiger partial charge in [-0.3, -0.25) is 14.8 Å². The summed E-state index contributed by atoms with van der Waals surface area (Å²) in [5, 5.41) is 1.65. The average molecular weight is 300 g/mol. The van der Waals surface area contributed by atoms with Crippen LogP contribution in [0.4, 0.5) is 0 Å². The maximum Gasteiger partial charge on any atom is 0.278 e. The normalized spacial score (nSPS) is 11.7. The molecule has 0 amide bonds. The SMILES string of the molecule is O=c1[nH]cnc2nc3c4cccnc4c4ncccc4c3nc12. The Bertz CT molecular complexity index is 1290. The number of hydrogen-bond donors (Lipinski definition) is 1. The van der Waals surface area contributed by atoms with E-state index in [9.17, 15) is 4.79 Å². The summed E-state index contributed by atoms with van der Waals surface area (Å²) >= 11 is 0. The highest BCUT2D eigenvalue weighted by atomic mass is 16.1. The molecule has 4 aromatic heterocycles. The largest absolute Gasteiger partial charge is 0.311 e. The predicted molar refractivity (Wildman–Crippen MR) is 86.1 cm³/mol. The minimum atomic E-state index is -0.312. The summed E-state index contributed by atoms with van der Waals surface area (Å²) in [5.41, 5.74) is 3.01. The van der Waals surface area contributed by atoms with Crippen LogP contribution in [0.1, 0.15) is 0 Å². The van der Waals surface area contributed by atoms with E-state index >= 15 is 0 Å². The van der Waals surface area contributed by atoms with E-state index in [-0.39, 0.29) is 11.1 Å². The summed E-state index contributed by atoms with van der Waals surface area (Å²) < 4.78 is 0. The smallest absolute Gasteiger partial charge is 0.278 e. The Morgan fingerprint density at radius 3 is 2.09 bits per heavy atom. The molecule has 0 aliphatic heterocycles. The zero-order chi connectivity index (χ0) is 15.4. The lowest BCUT2D eigenvalue weighted by Crippen LogP contribution is -2.09. The third-order valence-corrected chi connectivity index (χ3v) is 3.82. The third-order valence-electron chi connectivity index (χ3n) is 3.82. The molecule has 0 atom stereocenters. The summed E-state index contributed by atoms with van der Waals surface area (Å²) in [6.07, 6.45) is 4.76. The summed E-state index contributed by atoms with van der Waals surface area (Å²) in [4.78, 5) is 36.6. The quantitative estimate of drug-likeness (QED) is 0.347. The fourth-order valence-electron chi connectivity index (χ4n) is 2.84. The molecule has 7 heteroatoms. The molecule has 0 aliphatic carbocycles. The van der Waals surface area contributed by atoms with E-state index in [1.54, 1.807) is 12.4 Å². The first-order valence-electron chi connectivity index (χ1n) is 6.99. The van der Waals surface area contributed by atoms with Crippen molar-refractivity contribution in [3.63, 3.8) is 0 Å².